The van der Waals surface area contributed by atoms with E-state index in [1.54, 1.807) is 0 Å². The molecule has 2 unspecified atom stereocenters. The largest absolute Gasteiger partial charge is 0.472 e. The number of carbonyl (C=O) groups excluding carboxylic acids is 2. The third-order valence-electron chi connectivity index (χ3n) is 15.4. The molecule has 0 aliphatic rings. The highest BCUT2D eigenvalue weighted by molar-refractivity contribution is 7.47. The number of phosphoric ester groups is 1. The number of hydrogen-bond acceptors (Lipinski definition) is 8. The number of phosphoric acid groups is 1. The maximum absolute atomic E-state index is 12.8. The molecule has 0 amide bonds. The molecule has 3 N–H and O–H groups in total. The summed E-state index contributed by atoms with van der Waals surface area (Å²) in [4.78, 5) is 35.4. The van der Waals surface area contributed by atoms with Crippen LogP contribution in [0.5, 0.6) is 0 Å². The van der Waals surface area contributed by atoms with E-state index < -0.39 is 26.5 Å². The van der Waals surface area contributed by atoms with Gasteiger partial charge < -0.3 is 20.1 Å². The molecule has 0 aromatic rings. The van der Waals surface area contributed by atoms with Crippen LogP contribution in [0, 0.1) is 0 Å². The topological polar surface area (TPSA) is 134 Å². The zero-order valence-electron chi connectivity index (χ0n) is 58.3. The van der Waals surface area contributed by atoms with Gasteiger partial charge in [-0.15, -0.1) is 0 Å². The van der Waals surface area contributed by atoms with Gasteiger partial charge in [0.25, 0.3) is 0 Å². The standard InChI is InChI=1S/C81H136NO8P/c1-3-5-7-9-11-13-15-17-19-21-23-25-27-29-31-33-34-35-36-37-38-39-40-41-42-43-44-46-48-50-52-54-56-58-60-62-64-66-68-70-72-74-81(84)90-79(78-89-91(85,86)88-76-75-82)77-87-80(83)73-71-69-67-65-63-61-59-57-55-53-51-49-47-45-32-30-28-26-24-22-20-18-16-14-12-10-8-6-4-2/h5,7,11,13,16-19,22-25,28-31,34-35,37-38,40-41,43-44,48,50,79H,3-4,6,8-10,12,14-15,20-21,26-27,32-33,36,39,42,45-47,49,51-78,82H2,1-2H3,(H,85,86)/b7-5-,13-11-,18-16-,19-17-,24-22-,25-23-,30-28-,31-29-,35-34-,38-37-,41-40-,44-43-,50-48-. The van der Waals surface area contributed by atoms with Gasteiger partial charge in [0, 0.05) is 19.4 Å². The average Bonchev–Trinajstić information content (AvgIpc) is 3.74. The Hall–Kier alpha value is -4.37. The van der Waals surface area contributed by atoms with E-state index >= 15 is 0 Å². The summed E-state index contributed by atoms with van der Waals surface area (Å²) < 4.78 is 33.2. The summed E-state index contributed by atoms with van der Waals surface area (Å²) in [5.41, 5.74) is 5.41. The Labute approximate surface area is 559 Å². The Kier molecular flexibility index (Phi) is 71.1. The van der Waals surface area contributed by atoms with Gasteiger partial charge in [-0.1, -0.05) is 326 Å². The van der Waals surface area contributed by atoms with E-state index in [9.17, 15) is 19.0 Å². The first kappa shape index (κ1) is 86.6. The normalized spacial score (nSPS) is 13.8. The molecule has 0 aromatic carbocycles. The molecule has 0 aromatic heterocycles. The second-order valence-electron chi connectivity index (χ2n) is 24.1. The number of allylic oxidation sites excluding steroid dienone is 26. The van der Waals surface area contributed by atoms with E-state index in [2.05, 4.69) is 172 Å². The number of rotatable bonds is 68. The van der Waals surface area contributed by atoms with E-state index in [1.807, 2.05) is 0 Å². The molecule has 518 valence electrons. The monoisotopic (exact) mass is 1280 g/mol. The summed E-state index contributed by atoms with van der Waals surface area (Å²) in [7, 11) is -4.41. The maximum atomic E-state index is 12.8. The molecular formula is C81H136NO8P. The smallest absolute Gasteiger partial charge is 0.462 e. The van der Waals surface area contributed by atoms with Crippen molar-refractivity contribution in [2.45, 2.75) is 315 Å². The zero-order valence-corrected chi connectivity index (χ0v) is 59.2. The first-order chi connectivity index (χ1) is 44.8. The average molecular weight is 1280 g/mol. The summed E-state index contributed by atoms with van der Waals surface area (Å²) in [6, 6.07) is 0. The van der Waals surface area contributed by atoms with E-state index in [1.165, 1.54) is 154 Å². The molecule has 0 aliphatic carbocycles. The molecule has 10 heteroatoms. The minimum Gasteiger partial charge on any atom is -0.462 e. The van der Waals surface area contributed by atoms with Crippen molar-refractivity contribution in [3.05, 3.63) is 158 Å². The van der Waals surface area contributed by atoms with Gasteiger partial charge in [0.1, 0.15) is 6.61 Å². The first-order valence-corrected chi connectivity index (χ1v) is 38.5. The van der Waals surface area contributed by atoms with Crippen LogP contribution in [0.15, 0.2) is 158 Å². The number of carbonyl (C=O) groups is 2. The molecule has 9 nitrogen and oxygen atoms in total. The van der Waals surface area contributed by atoms with Crippen LogP contribution < -0.4 is 5.73 Å². The SMILES string of the molecule is CC/C=C\C/C=C\C/C=C\C/C=C\C/C=C\C/C=C\C/C=C\C/C=C\C/C=C\C/C=C\CCCCCCCCCCCCC(=O)OC(COC(=O)CCCCCCCCCCCCCCCC/C=C\C/C=C\C/C=C\CCCCCCC)COP(=O)(O)OCCN. The molecule has 0 rings (SSSR count). The van der Waals surface area contributed by atoms with Gasteiger partial charge in [0.2, 0.25) is 0 Å². The van der Waals surface area contributed by atoms with Gasteiger partial charge in [0.05, 0.1) is 13.2 Å². The molecule has 0 saturated carbocycles. The predicted octanol–water partition coefficient (Wildman–Crippen LogP) is 24.7. The Bertz CT molecular complexity index is 2050. The van der Waals surface area contributed by atoms with Crippen LogP contribution in [-0.2, 0) is 32.7 Å². The fourth-order valence-corrected chi connectivity index (χ4v) is 10.7. The predicted molar refractivity (Wildman–Crippen MR) is 394 cm³/mol. The lowest BCUT2D eigenvalue weighted by molar-refractivity contribution is -0.161. The van der Waals surface area contributed by atoms with Crippen molar-refractivity contribution < 1.29 is 37.6 Å². The van der Waals surface area contributed by atoms with Crippen LogP contribution >= 0.6 is 7.82 Å². The van der Waals surface area contributed by atoms with Crippen LogP contribution in [0.3, 0.4) is 0 Å². The molecule has 0 spiro atoms. The fraction of sp³-hybridized carbons (Fsp3) is 0.654. The molecule has 2 atom stereocenters. The highest BCUT2D eigenvalue weighted by Crippen LogP contribution is 2.43. The highest BCUT2D eigenvalue weighted by atomic mass is 31.2. The molecule has 0 radical (unpaired) electrons. The number of hydrogen-bond donors (Lipinski definition) is 2. The minimum atomic E-state index is -4.41. The summed E-state index contributed by atoms with van der Waals surface area (Å²) in [5, 5.41) is 0. The lowest BCUT2D eigenvalue weighted by Gasteiger charge is -2.19. The second kappa shape index (κ2) is 74.7. The Morgan fingerprint density at radius 3 is 0.901 bits per heavy atom. The van der Waals surface area contributed by atoms with Crippen molar-refractivity contribution in [1.29, 1.82) is 0 Å². The van der Waals surface area contributed by atoms with Gasteiger partial charge in [0.15, 0.2) is 6.10 Å². The molecule has 91 heavy (non-hydrogen) atoms. The summed E-state index contributed by atoms with van der Waals surface area (Å²) in [5.74, 6) is -0.834. The molecule has 0 saturated heterocycles. The number of nitrogens with two attached hydrogens (primary N) is 1. The molecular weight excluding hydrogens is 1150 g/mol. The van der Waals surface area contributed by atoms with Gasteiger partial charge in [-0.05, 0) is 128 Å². The van der Waals surface area contributed by atoms with Crippen LogP contribution in [0.25, 0.3) is 0 Å². The van der Waals surface area contributed by atoms with Gasteiger partial charge in [-0.25, -0.2) is 4.57 Å². The Morgan fingerprint density at radius 2 is 0.604 bits per heavy atom. The van der Waals surface area contributed by atoms with E-state index in [0.29, 0.717) is 6.42 Å². The summed E-state index contributed by atoms with van der Waals surface area (Å²) in [6.45, 7) is 3.63. The highest BCUT2D eigenvalue weighted by Gasteiger charge is 2.26. The number of ether oxygens (including phenoxy) is 2. The van der Waals surface area contributed by atoms with Crippen LogP contribution in [-0.4, -0.2) is 49.3 Å². The maximum Gasteiger partial charge on any atom is 0.472 e. The molecule has 0 fully saturated rings. The van der Waals surface area contributed by atoms with Gasteiger partial charge >= 0.3 is 19.8 Å². The number of unbranched alkanes of at least 4 members (excludes halogenated alkanes) is 29. The summed E-state index contributed by atoms with van der Waals surface area (Å²) >= 11 is 0. The van der Waals surface area contributed by atoms with Crippen molar-refractivity contribution >= 4 is 19.8 Å². The summed E-state index contributed by atoms with van der Waals surface area (Å²) in [6.07, 6.45) is 109. The quantitative estimate of drug-likeness (QED) is 0.0264. The molecule has 0 heterocycles. The fourth-order valence-electron chi connectivity index (χ4n) is 9.97. The van der Waals surface area contributed by atoms with Gasteiger partial charge in [-0.2, -0.15) is 0 Å². The van der Waals surface area contributed by atoms with Crippen LogP contribution in [0.4, 0.5) is 0 Å². The minimum absolute atomic E-state index is 0.0464. The van der Waals surface area contributed by atoms with E-state index in [0.717, 1.165) is 122 Å². The Morgan fingerprint density at radius 1 is 0.341 bits per heavy atom. The van der Waals surface area contributed by atoms with Crippen molar-refractivity contribution in [1.82, 2.24) is 0 Å². The van der Waals surface area contributed by atoms with Gasteiger partial charge in [-0.3, -0.25) is 18.6 Å². The van der Waals surface area contributed by atoms with E-state index in [-0.39, 0.29) is 38.6 Å². The van der Waals surface area contributed by atoms with Crippen LogP contribution in [0.1, 0.15) is 309 Å². The van der Waals surface area contributed by atoms with Crippen molar-refractivity contribution in [3.8, 4) is 0 Å². The van der Waals surface area contributed by atoms with E-state index in [4.69, 9.17) is 24.3 Å². The lowest BCUT2D eigenvalue weighted by Crippen LogP contribution is -2.29. The van der Waals surface area contributed by atoms with Crippen LogP contribution in [0.2, 0.25) is 0 Å². The van der Waals surface area contributed by atoms with Crippen molar-refractivity contribution in [2.75, 3.05) is 26.4 Å². The third-order valence-corrected chi connectivity index (χ3v) is 16.4. The number of esters is 2. The first-order valence-electron chi connectivity index (χ1n) is 37.0. The van der Waals surface area contributed by atoms with Crippen molar-refractivity contribution in [3.63, 3.8) is 0 Å². The van der Waals surface area contributed by atoms with Crippen molar-refractivity contribution in [2.24, 2.45) is 5.73 Å². The molecule has 0 aliphatic heterocycles. The molecule has 0 bridgehead atoms. The second-order valence-corrected chi connectivity index (χ2v) is 25.5. The Balaban J connectivity index is 3.93. The lowest BCUT2D eigenvalue weighted by atomic mass is 10.0. The third kappa shape index (κ3) is 74.5. The zero-order chi connectivity index (χ0) is 65.8.